The number of hydrogen-bond acceptors (Lipinski definition) is 3. The van der Waals surface area contributed by atoms with Crippen LogP contribution in [0.2, 0.25) is 0 Å². The van der Waals surface area contributed by atoms with Gasteiger partial charge >= 0.3 is 0 Å². The first kappa shape index (κ1) is 32.4. The van der Waals surface area contributed by atoms with Gasteiger partial charge in [-0.3, -0.25) is 4.98 Å². The van der Waals surface area contributed by atoms with Crippen molar-refractivity contribution < 1.29 is 0 Å². The molecular formula is C52H35N3. The normalized spacial score (nSPS) is 11.4. The van der Waals surface area contributed by atoms with E-state index in [0.29, 0.717) is 5.82 Å². The molecule has 0 fully saturated rings. The molecule has 55 heavy (non-hydrogen) atoms. The predicted octanol–water partition coefficient (Wildman–Crippen LogP) is 13.6. The number of rotatable bonds is 6. The maximum atomic E-state index is 5.25. The Morgan fingerprint density at radius 3 is 1.31 bits per heavy atom. The monoisotopic (exact) mass is 701 g/mol. The van der Waals surface area contributed by atoms with Crippen LogP contribution in [0.1, 0.15) is 5.69 Å². The van der Waals surface area contributed by atoms with E-state index in [9.17, 15) is 0 Å². The van der Waals surface area contributed by atoms with Crippen LogP contribution < -0.4 is 0 Å². The van der Waals surface area contributed by atoms with Crippen LogP contribution >= 0.6 is 0 Å². The van der Waals surface area contributed by atoms with Gasteiger partial charge in [-0.25, -0.2) is 9.97 Å². The third-order valence-electron chi connectivity index (χ3n) is 10.6. The first-order valence-electron chi connectivity index (χ1n) is 18.7. The second-order valence-electron chi connectivity index (χ2n) is 14.1. The zero-order valence-electron chi connectivity index (χ0n) is 30.3. The molecule has 0 unspecified atom stereocenters. The van der Waals surface area contributed by atoms with Crippen molar-refractivity contribution in [2.45, 2.75) is 6.92 Å². The standard InChI is InChI=1S/C52H35N3/c1-34-27-40(25-26-53-34)37-17-12-18-38(28-37)41-29-42(39-23-24-48-46-21-9-8-19-44(46)45-20-10-11-22-47(45)49(48)32-39)31-43(30-41)52-54-50(35-13-4-2-5-14-35)33-51(55-52)36-15-6-3-7-16-36/h2-33H,1H3. The molecule has 0 N–H and O–H groups in total. The molecule has 0 spiro atoms. The molecule has 10 rings (SSSR count). The molecule has 0 amide bonds. The smallest absolute Gasteiger partial charge is 0.160 e. The summed E-state index contributed by atoms with van der Waals surface area (Å²) in [6.07, 6.45) is 1.88. The van der Waals surface area contributed by atoms with Crippen LogP contribution in [0.5, 0.6) is 0 Å². The van der Waals surface area contributed by atoms with Crippen LogP contribution in [0.3, 0.4) is 0 Å². The molecule has 0 saturated heterocycles. The van der Waals surface area contributed by atoms with Gasteiger partial charge in [0, 0.05) is 28.6 Å². The number of fused-ring (bicyclic) bond motifs is 6. The Morgan fingerprint density at radius 2 is 0.727 bits per heavy atom. The highest BCUT2D eigenvalue weighted by Crippen LogP contribution is 2.40. The van der Waals surface area contributed by atoms with Gasteiger partial charge in [0.15, 0.2) is 5.82 Å². The van der Waals surface area contributed by atoms with Gasteiger partial charge in [-0.2, -0.15) is 0 Å². The van der Waals surface area contributed by atoms with Crippen molar-refractivity contribution in [1.82, 2.24) is 15.0 Å². The van der Waals surface area contributed by atoms with E-state index in [1.807, 2.05) is 25.3 Å². The van der Waals surface area contributed by atoms with Crippen molar-refractivity contribution in [3.8, 4) is 67.3 Å². The topological polar surface area (TPSA) is 38.7 Å². The summed E-state index contributed by atoms with van der Waals surface area (Å²) in [4.78, 5) is 14.9. The van der Waals surface area contributed by atoms with Gasteiger partial charge < -0.3 is 0 Å². The number of benzene rings is 8. The molecule has 0 aliphatic heterocycles. The molecule has 3 nitrogen and oxygen atoms in total. The van der Waals surface area contributed by atoms with E-state index < -0.39 is 0 Å². The molecule has 8 aromatic carbocycles. The molecule has 0 bridgehead atoms. The van der Waals surface area contributed by atoms with E-state index in [1.165, 1.54) is 32.3 Å². The summed E-state index contributed by atoms with van der Waals surface area (Å²) in [5.41, 5.74) is 12.6. The van der Waals surface area contributed by atoms with Crippen LogP contribution in [0.4, 0.5) is 0 Å². The van der Waals surface area contributed by atoms with Gasteiger partial charge in [-0.15, -0.1) is 0 Å². The SMILES string of the molecule is Cc1cc(-c2cccc(-c3cc(-c4ccc5c6ccccc6c6ccccc6c5c4)cc(-c4nc(-c5ccccc5)cc(-c5ccccc5)n4)c3)c2)ccn1. The predicted molar refractivity (Wildman–Crippen MR) is 230 cm³/mol. The van der Waals surface area contributed by atoms with E-state index >= 15 is 0 Å². The van der Waals surface area contributed by atoms with Gasteiger partial charge in [-0.05, 0) is 121 Å². The van der Waals surface area contributed by atoms with E-state index in [4.69, 9.17) is 9.97 Å². The quantitative estimate of drug-likeness (QED) is 0.162. The van der Waals surface area contributed by atoms with Crippen molar-refractivity contribution >= 4 is 32.3 Å². The largest absolute Gasteiger partial charge is 0.262 e. The number of pyridine rings is 1. The van der Waals surface area contributed by atoms with E-state index in [-0.39, 0.29) is 0 Å². The fraction of sp³-hybridized carbons (Fsp3) is 0.0192. The summed E-state index contributed by atoms with van der Waals surface area (Å²) in [6, 6.07) is 67.0. The number of hydrogen-bond donors (Lipinski definition) is 0. The van der Waals surface area contributed by atoms with Gasteiger partial charge in [0.1, 0.15) is 0 Å². The molecular weight excluding hydrogens is 667 g/mol. The van der Waals surface area contributed by atoms with Gasteiger partial charge in [0.2, 0.25) is 0 Å². The van der Waals surface area contributed by atoms with Crippen molar-refractivity contribution in [3.63, 3.8) is 0 Å². The van der Waals surface area contributed by atoms with Crippen LogP contribution in [0.25, 0.3) is 99.6 Å². The van der Waals surface area contributed by atoms with Gasteiger partial charge in [0.25, 0.3) is 0 Å². The molecule has 258 valence electrons. The Labute approximate surface area is 320 Å². The van der Waals surface area contributed by atoms with Crippen molar-refractivity contribution in [2.24, 2.45) is 0 Å². The Morgan fingerprint density at radius 1 is 0.291 bits per heavy atom. The highest BCUT2D eigenvalue weighted by Gasteiger charge is 2.16. The lowest BCUT2D eigenvalue weighted by Crippen LogP contribution is -1.97. The summed E-state index contributed by atoms with van der Waals surface area (Å²) in [7, 11) is 0. The highest BCUT2D eigenvalue weighted by atomic mass is 14.9. The third-order valence-corrected chi connectivity index (χ3v) is 10.6. The van der Waals surface area contributed by atoms with Crippen molar-refractivity contribution in [3.05, 3.63) is 200 Å². The summed E-state index contributed by atoms with van der Waals surface area (Å²) < 4.78 is 0. The van der Waals surface area contributed by atoms with Crippen LogP contribution in [-0.4, -0.2) is 15.0 Å². The zero-order chi connectivity index (χ0) is 36.7. The second kappa shape index (κ2) is 13.6. The van der Waals surface area contributed by atoms with Crippen LogP contribution in [-0.2, 0) is 0 Å². The molecule has 2 aromatic heterocycles. The Bertz CT molecular complexity index is 2950. The molecule has 0 aliphatic rings. The Balaban J connectivity index is 1.21. The van der Waals surface area contributed by atoms with Crippen molar-refractivity contribution in [1.29, 1.82) is 0 Å². The van der Waals surface area contributed by atoms with Crippen molar-refractivity contribution in [2.75, 3.05) is 0 Å². The number of aryl methyl sites for hydroxylation is 1. The molecule has 0 saturated carbocycles. The molecule has 3 heteroatoms. The maximum absolute atomic E-state index is 5.25. The average molecular weight is 702 g/mol. The maximum Gasteiger partial charge on any atom is 0.160 e. The Hall–Kier alpha value is -7.23. The third kappa shape index (κ3) is 6.12. The van der Waals surface area contributed by atoms with Gasteiger partial charge in [-0.1, -0.05) is 140 Å². The molecule has 0 radical (unpaired) electrons. The summed E-state index contributed by atoms with van der Waals surface area (Å²) >= 11 is 0. The lowest BCUT2D eigenvalue weighted by molar-refractivity contribution is 1.18. The zero-order valence-corrected chi connectivity index (χ0v) is 30.3. The molecule has 2 heterocycles. The first-order valence-corrected chi connectivity index (χ1v) is 18.7. The van der Waals surface area contributed by atoms with Crippen LogP contribution in [0.15, 0.2) is 194 Å². The molecule has 0 aliphatic carbocycles. The number of nitrogens with zero attached hydrogens (tertiary/aromatic N) is 3. The minimum absolute atomic E-state index is 0.682. The van der Waals surface area contributed by atoms with E-state index in [1.54, 1.807) is 0 Å². The highest BCUT2D eigenvalue weighted by molar-refractivity contribution is 6.25. The molecule has 0 atom stereocenters. The lowest BCUT2D eigenvalue weighted by atomic mass is 9.90. The van der Waals surface area contributed by atoms with E-state index in [2.05, 4.69) is 181 Å². The fourth-order valence-electron chi connectivity index (χ4n) is 7.87. The van der Waals surface area contributed by atoms with E-state index in [0.717, 1.165) is 67.2 Å². The summed E-state index contributed by atoms with van der Waals surface area (Å²) in [6.45, 7) is 2.03. The molecule has 10 aromatic rings. The summed E-state index contributed by atoms with van der Waals surface area (Å²) in [5, 5.41) is 7.54. The minimum atomic E-state index is 0.682. The van der Waals surface area contributed by atoms with Crippen LogP contribution in [0, 0.1) is 6.92 Å². The number of aromatic nitrogens is 3. The fourth-order valence-corrected chi connectivity index (χ4v) is 7.87. The Kier molecular flexibility index (Phi) is 8.04. The lowest BCUT2D eigenvalue weighted by Gasteiger charge is -2.15. The van der Waals surface area contributed by atoms with Gasteiger partial charge in [0.05, 0.1) is 11.4 Å². The first-order chi connectivity index (χ1) is 27.1. The second-order valence-corrected chi connectivity index (χ2v) is 14.1. The summed E-state index contributed by atoms with van der Waals surface area (Å²) in [5.74, 6) is 0.682. The average Bonchev–Trinajstić information content (AvgIpc) is 3.26. The minimum Gasteiger partial charge on any atom is -0.262 e.